The lowest BCUT2D eigenvalue weighted by Crippen LogP contribution is -2.38. The zero-order chi connectivity index (χ0) is 16.8. The van der Waals surface area contributed by atoms with Crippen molar-refractivity contribution < 1.29 is 13.2 Å². The van der Waals surface area contributed by atoms with Crippen LogP contribution in [0.1, 0.15) is 25.8 Å². The van der Waals surface area contributed by atoms with Crippen molar-refractivity contribution in [3.8, 4) is 0 Å². The molecule has 7 heteroatoms. The average Bonchev–Trinajstić information content (AvgIpc) is 2.39. The van der Waals surface area contributed by atoms with Gasteiger partial charge in [-0.2, -0.15) is 4.31 Å². The van der Waals surface area contributed by atoms with Crippen LogP contribution in [0.2, 0.25) is 5.02 Å². The Morgan fingerprint density at radius 3 is 2.50 bits per heavy atom. The molecule has 0 aliphatic heterocycles. The van der Waals surface area contributed by atoms with E-state index in [0.717, 1.165) is 5.56 Å². The predicted octanol–water partition coefficient (Wildman–Crippen LogP) is 2.06. The molecule has 0 fully saturated rings. The predicted molar refractivity (Wildman–Crippen MR) is 89.5 cm³/mol. The molecular formula is C15H23ClN2O3S. The molecule has 0 aromatic heterocycles. The monoisotopic (exact) mass is 346 g/mol. The first-order chi connectivity index (χ1) is 10.2. The van der Waals surface area contributed by atoms with Gasteiger partial charge in [0.05, 0.1) is 12.7 Å². The molecule has 1 aromatic rings. The van der Waals surface area contributed by atoms with Crippen molar-refractivity contribution in [1.82, 2.24) is 9.62 Å². The number of benzene rings is 1. The number of hydrogen-bond donors (Lipinski definition) is 1. The van der Waals surface area contributed by atoms with Crippen LogP contribution >= 0.6 is 11.6 Å². The Morgan fingerprint density at radius 1 is 1.32 bits per heavy atom. The third-order valence-corrected chi connectivity index (χ3v) is 5.01. The molecule has 1 rings (SSSR count). The molecule has 5 nitrogen and oxygen atoms in total. The summed E-state index contributed by atoms with van der Waals surface area (Å²) in [6.07, 6.45) is 1.99. The minimum Gasteiger partial charge on any atom is -0.356 e. The lowest BCUT2D eigenvalue weighted by atomic mass is 10.1. The van der Waals surface area contributed by atoms with E-state index < -0.39 is 10.0 Å². The highest BCUT2D eigenvalue weighted by Crippen LogP contribution is 2.15. The van der Waals surface area contributed by atoms with Gasteiger partial charge in [-0.1, -0.05) is 29.8 Å². The van der Waals surface area contributed by atoms with E-state index in [4.69, 9.17) is 11.6 Å². The van der Waals surface area contributed by atoms with Gasteiger partial charge in [0.2, 0.25) is 15.9 Å². The summed E-state index contributed by atoms with van der Waals surface area (Å²) in [7, 11) is -3.22. The van der Waals surface area contributed by atoms with Crippen LogP contribution in [0.25, 0.3) is 0 Å². The van der Waals surface area contributed by atoms with Crippen LogP contribution in [-0.4, -0.2) is 44.0 Å². The van der Waals surface area contributed by atoms with Gasteiger partial charge in [0.1, 0.15) is 0 Å². The highest BCUT2D eigenvalue weighted by Gasteiger charge is 2.19. The molecule has 0 heterocycles. The van der Waals surface area contributed by atoms with E-state index in [0.29, 0.717) is 24.5 Å². The quantitative estimate of drug-likeness (QED) is 0.733. The Bertz CT molecular complexity index is 603. The van der Waals surface area contributed by atoms with Gasteiger partial charge >= 0.3 is 0 Å². The number of amides is 1. The van der Waals surface area contributed by atoms with Crippen LogP contribution in [0.15, 0.2) is 24.3 Å². The van der Waals surface area contributed by atoms with Crippen molar-refractivity contribution in [2.45, 2.75) is 32.7 Å². The molecule has 0 bridgehead atoms. The lowest BCUT2D eigenvalue weighted by molar-refractivity contribution is -0.120. The molecular weight excluding hydrogens is 324 g/mol. The van der Waals surface area contributed by atoms with Crippen molar-refractivity contribution in [1.29, 1.82) is 0 Å². The van der Waals surface area contributed by atoms with Gasteiger partial charge in [-0.15, -0.1) is 0 Å². The van der Waals surface area contributed by atoms with E-state index >= 15 is 0 Å². The van der Waals surface area contributed by atoms with E-state index in [9.17, 15) is 13.2 Å². The van der Waals surface area contributed by atoms with Crippen molar-refractivity contribution in [3.63, 3.8) is 0 Å². The summed E-state index contributed by atoms with van der Waals surface area (Å²) in [6.45, 7) is 4.49. The third kappa shape index (κ3) is 6.34. The second-order valence-corrected chi connectivity index (χ2v) is 7.78. The molecule has 1 N–H and O–H groups in total. The fourth-order valence-electron chi connectivity index (χ4n) is 2.15. The molecule has 0 aliphatic carbocycles. The zero-order valence-electron chi connectivity index (χ0n) is 13.2. The molecule has 0 atom stereocenters. The fourth-order valence-corrected chi connectivity index (χ4v) is 3.58. The molecule has 0 saturated carbocycles. The first kappa shape index (κ1) is 18.9. The summed E-state index contributed by atoms with van der Waals surface area (Å²) in [5, 5.41) is 3.36. The van der Waals surface area contributed by atoms with Gasteiger partial charge < -0.3 is 5.32 Å². The maximum atomic E-state index is 11.8. The normalized spacial score (nSPS) is 11.9. The van der Waals surface area contributed by atoms with E-state index in [1.165, 1.54) is 10.6 Å². The number of sulfonamides is 1. The molecule has 0 radical (unpaired) electrons. The first-order valence-corrected chi connectivity index (χ1v) is 9.41. The first-order valence-electron chi connectivity index (χ1n) is 7.18. The van der Waals surface area contributed by atoms with E-state index in [2.05, 4.69) is 5.32 Å². The molecule has 1 amide bonds. The second kappa shape index (κ2) is 8.50. The lowest BCUT2D eigenvalue weighted by Gasteiger charge is -2.23. The van der Waals surface area contributed by atoms with Crippen LogP contribution in [0.3, 0.4) is 0 Å². The SMILES string of the molecule is CC(C)N(CCCNC(=O)Cc1ccccc1Cl)S(C)(=O)=O. The molecule has 1 aromatic carbocycles. The number of carbonyl (C=O) groups excluding carboxylic acids is 1. The van der Waals surface area contributed by atoms with Crippen molar-refractivity contribution >= 4 is 27.5 Å². The van der Waals surface area contributed by atoms with E-state index in [-0.39, 0.29) is 18.4 Å². The highest BCUT2D eigenvalue weighted by atomic mass is 35.5. The summed E-state index contributed by atoms with van der Waals surface area (Å²) >= 11 is 6.00. The standard InChI is InChI=1S/C15H23ClN2O3S/c1-12(2)18(22(3,20)21)10-6-9-17-15(19)11-13-7-4-5-8-14(13)16/h4-5,7-8,12H,6,9-11H2,1-3H3,(H,17,19). The summed E-state index contributed by atoms with van der Waals surface area (Å²) in [5.41, 5.74) is 0.779. The molecule has 0 spiro atoms. The molecule has 0 unspecified atom stereocenters. The van der Waals surface area contributed by atoms with Crippen molar-refractivity contribution in [3.05, 3.63) is 34.9 Å². The Labute approximate surface area is 137 Å². The third-order valence-electron chi connectivity index (χ3n) is 3.19. The molecule has 22 heavy (non-hydrogen) atoms. The van der Waals surface area contributed by atoms with Crippen molar-refractivity contribution in [2.24, 2.45) is 0 Å². The topological polar surface area (TPSA) is 66.5 Å². The van der Waals surface area contributed by atoms with Crippen LogP contribution in [0.5, 0.6) is 0 Å². The minimum absolute atomic E-state index is 0.0890. The van der Waals surface area contributed by atoms with Crippen LogP contribution in [0.4, 0.5) is 0 Å². The Balaban J connectivity index is 2.38. The Hall–Kier alpha value is -1.11. The van der Waals surface area contributed by atoms with Gasteiger partial charge in [-0.05, 0) is 31.9 Å². The van der Waals surface area contributed by atoms with Gasteiger partial charge in [0.15, 0.2) is 0 Å². The fraction of sp³-hybridized carbons (Fsp3) is 0.533. The summed E-state index contributed by atoms with van der Waals surface area (Å²) in [4.78, 5) is 11.8. The second-order valence-electron chi connectivity index (χ2n) is 5.44. The maximum absolute atomic E-state index is 11.8. The van der Waals surface area contributed by atoms with Crippen molar-refractivity contribution in [2.75, 3.05) is 19.3 Å². The Kier molecular flexibility index (Phi) is 7.32. The molecule has 124 valence electrons. The maximum Gasteiger partial charge on any atom is 0.224 e. The van der Waals surface area contributed by atoms with Gasteiger partial charge in [0, 0.05) is 24.2 Å². The van der Waals surface area contributed by atoms with E-state index in [1.54, 1.807) is 6.07 Å². The minimum atomic E-state index is -3.22. The molecule has 0 aliphatic rings. The molecule has 0 saturated heterocycles. The summed E-state index contributed by atoms with van der Waals surface area (Å²) in [6, 6.07) is 7.12. The van der Waals surface area contributed by atoms with Gasteiger partial charge in [0.25, 0.3) is 0 Å². The van der Waals surface area contributed by atoms with Crippen LogP contribution in [0, 0.1) is 0 Å². The summed E-state index contributed by atoms with van der Waals surface area (Å²) in [5.74, 6) is -0.122. The van der Waals surface area contributed by atoms with Gasteiger partial charge in [-0.3, -0.25) is 4.79 Å². The number of carbonyl (C=O) groups is 1. The number of rotatable bonds is 8. The smallest absolute Gasteiger partial charge is 0.224 e. The number of nitrogens with one attached hydrogen (secondary N) is 1. The largest absolute Gasteiger partial charge is 0.356 e. The number of hydrogen-bond acceptors (Lipinski definition) is 3. The number of nitrogens with zero attached hydrogens (tertiary/aromatic N) is 1. The number of halogens is 1. The van der Waals surface area contributed by atoms with Gasteiger partial charge in [-0.25, -0.2) is 8.42 Å². The van der Waals surface area contributed by atoms with Crippen LogP contribution in [-0.2, 0) is 21.2 Å². The Morgan fingerprint density at radius 2 is 1.95 bits per heavy atom. The highest BCUT2D eigenvalue weighted by molar-refractivity contribution is 7.88. The van der Waals surface area contributed by atoms with E-state index in [1.807, 2.05) is 32.0 Å². The van der Waals surface area contributed by atoms with Crippen LogP contribution < -0.4 is 5.32 Å². The average molecular weight is 347 g/mol. The zero-order valence-corrected chi connectivity index (χ0v) is 14.7. The summed E-state index contributed by atoms with van der Waals surface area (Å²) < 4.78 is 24.6.